The first-order valence-electron chi connectivity index (χ1n) is 11.6. The summed E-state index contributed by atoms with van der Waals surface area (Å²) in [5.41, 5.74) is 2.07. The second kappa shape index (κ2) is 9.99. The van der Waals surface area contributed by atoms with Gasteiger partial charge in [0.15, 0.2) is 12.1 Å². The number of benzene rings is 3. The molecule has 9 heteroatoms. The Balaban J connectivity index is 1.40. The summed E-state index contributed by atoms with van der Waals surface area (Å²) in [5, 5.41) is 6.27. The van der Waals surface area contributed by atoms with Crippen molar-refractivity contribution in [1.82, 2.24) is 10.2 Å². The Morgan fingerprint density at radius 1 is 1.03 bits per heavy atom. The highest BCUT2D eigenvalue weighted by Gasteiger charge is 2.48. The Labute approximate surface area is 212 Å². The van der Waals surface area contributed by atoms with Gasteiger partial charge in [-0.2, -0.15) is 0 Å². The molecule has 1 heterocycles. The number of anilines is 1. The van der Waals surface area contributed by atoms with Crippen LogP contribution in [0, 0.1) is 5.82 Å². The number of rotatable bonds is 7. The van der Waals surface area contributed by atoms with Gasteiger partial charge in [0, 0.05) is 22.3 Å². The summed E-state index contributed by atoms with van der Waals surface area (Å²) in [7, 11) is 0. The molecule has 3 aromatic rings. The van der Waals surface area contributed by atoms with Gasteiger partial charge in [0.25, 0.3) is 5.91 Å². The molecular weight excluding hydrogens is 485 g/mol. The van der Waals surface area contributed by atoms with Crippen molar-refractivity contribution in [3.8, 4) is 0 Å². The molecule has 1 aliphatic carbocycles. The van der Waals surface area contributed by atoms with E-state index < -0.39 is 30.0 Å². The summed E-state index contributed by atoms with van der Waals surface area (Å²) >= 11 is 6.11. The van der Waals surface area contributed by atoms with E-state index in [2.05, 4.69) is 10.6 Å². The zero-order valence-electron chi connectivity index (χ0n) is 19.1. The van der Waals surface area contributed by atoms with E-state index in [0.29, 0.717) is 21.8 Å². The molecule has 2 aliphatic rings. The highest BCUT2D eigenvalue weighted by molar-refractivity contribution is 6.30. The minimum atomic E-state index is -0.903. The first-order chi connectivity index (χ1) is 17.4. The lowest BCUT2D eigenvalue weighted by atomic mass is 10.00. The molecule has 2 N–H and O–H groups in total. The zero-order valence-corrected chi connectivity index (χ0v) is 19.9. The second-order valence-electron chi connectivity index (χ2n) is 8.88. The summed E-state index contributed by atoms with van der Waals surface area (Å²) in [5.74, 6) is -1.15. The lowest BCUT2D eigenvalue weighted by molar-refractivity contribution is -0.126. The number of cyclic esters (lactones) is 1. The molecular formula is C27H23ClFN3O4. The average molecular weight is 508 g/mol. The van der Waals surface area contributed by atoms with Crippen LogP contribution in [0.3, 0.4) is 0 Å². The Hall–Kier alpha value is -3.91. The van der Waals surface area contributed by atoms with Crippen molar-refractivity contribution in [2.75, 3.05) is 5.32 Å². The van der Waals surface area contributed by atoms with Gasteiger partial charge in [-0.15, -0.1) is 0 Å². The fourth-order valence-corrected chi connectivity index (χ4v) is 4.37. The lowest BCUT2D eigenvalue weighted by Gasteiger charge is -2.24. The first kappa shape index (κ1) is 23.8. The van der Waals surface area contributed by atoms with Crippen molar-refractivity contribution in [2.24, 2.45) is 0 Å². The van der Waals surface area contributed by atoms with Gasteiger partial charge in [0.2, 0.25) is 5.91 Å². The van der Waals surface area contributed by atoms with Crippen LogP contribution in [0.5, 0.6) is 0 Å². The quantitative estimate of drug-likeness (QED) is 0.467. The van der Waals surface area contributed by atoms with Crippen molar-refractivity contribution >= 4 is 35.2 Å². The molecule has 36 heavy (non-hydrogen) atoms. The summed E-state index contributed by atoms with van der Waals surface area (Å²) in [4.78, 5) is 40.2. The SMILES string of the molecule is O=C(Nc1cccc([C@H]2OC(=O)N(Cc3cccc(Cl)c3)[C@@H]2C(=O)NC2CC2)c1)c1ccc(F)cc1. The molecule has 0 radical (unpaired) electrons. The number of hydrogen-bond donors (Lipinski definition) is 2. The van der Waals surface area contributed by atoms with Crippen LogP contribution in [0.25, 0.3) is 0 Å². The third-order valence-corrected chi connectivity index (χ3v) is 6.33. The molecule has 2 fully saturated rings. The van der Waals surface area contributed by atoms with Gasteiger partial charge in [-0.25, -0.2) is 9.18 Å². The maximum atomic E-state index is 13.3. The van der Waals surface area contributed by atoms with Crippen LogP contribution in [0.4, 0.5) is 14.9 Å². The van der Waals surface area contributed by atoms with E-state index in [0.717, 1.165) is 18.4 Å². The van der Waals surface area contributed by atoms with Crippen molar-refractivity contribution < 1.29 is 23.5 Å². The molecule has 0 spiro atoms. The molecule has 0 aromatic heterocycles. The number of ether oxygens (including phenoxy) is 1. The van der Waals surface area contributed by atoms with E-state index >= 15 is 0 Å². The fourth-order valence-electron chi connectivity index (χ4n) is 4.15. The Bertz CT molecular complexity index is 1310. The molecule has 184 valence electrons. The van der Waals surface area contributed by atoms with E-state index in [1.807, 2.05) is 6.07 Å². The summed E-state index contributed by atoms with van der Waals surface area (Å²) in [6.45, 7) is 0.152. The number of amides is 3. The molecule has 3 aromatic carbocycles. The number of carbonyl (C=O) groups is 3. The maximum absolute atomic E-state index is 13.3. The molecule has 2 atom stereocenters. The number of nitrogens with one attached hydrogen (secondary N) is 2. The minimum absolute atomic E-state index is 0.100. The maximum Gasteiger partial charge on any atom is 0.411 e. The van der Waals surface area contributed by atoms with E-state index in [-0.39, 0.29) is 18.5 Å². The van der Waals surface area contributed by atoms with Crippen molar-refractivity contribution in [2.45, 2.75) is 37.6 Å². The van der Waals surface area contributed by atoms with Gasteiger partial charge >= 0.3 is 6.09 Å². The number of nitrogens with zero attached hydrogens (tertiary/aromatic N) is 1. The van der Waals surface area contributed by atoms with Gasteiger partial charge in [-0.05, 0) is 72.5 Å². The summed E-state index contributed by atoms with van der Waals surface area (Å²) < 4.78 is 18.9. The molecule has 7 nitrogen and oxygen atoms in total. The van der Waals surface area contributed by atoms with Gasteiger partial charge in [0.1, 0.15) is 5.82 Å². The number of halogens is 2. The van der Waals surface area contributed by atoms with Crippen molar-refractivity contribution in [1.29, 1.82) is 0 Å². The second-order valence-corrected chi connectivity index (χ2v) is 9.31. The van der Waals surface area contributed by atoms with E-state index in [9.17, 15) is 18.8 Å². The molecule has 1 saturated carbocycles. The van der Waals surface area contributed by atoms with Crippen LogP contribution in [0.1, 0.15) is 40.4 Å². The monoisotopic (exact) mass is 507 g/mol. The van der Waals surface area contributed by atoms with E-state index in [1.54, 1.807) is 42.5 Å². The highest BCUT2D eigenvalue weighted by atomic mass is 35.5. The fraction of sp³-hybridized carbons (Fsp3) is 0.222. The predicted molar refractivity (Wildman–Crippen MR) is 132 cm³/mol. The van der Waals surface area contributed by atoms with Crippen LogP contribution >= 0.6 is 11.6 Å². The molecule has 0 unspecified atom stereocenters. The van der Waals surface area contributed by atoms with Crippen LogP contribution in [0.15, 0.2) is 72.8 Å². The van der Waals surface area contributed by atoms with Crippen LogP contribution in [0.2, 0.25) is 5.02 Å². The molecule has 0 bridgehead atoms. The standard InChI is InChI=1S/C27H23ClFN3O4/c28-19-5-1-3-16(13-19)15-32-23(26(34)30-21-11-12-21)24(36-27(32)35)18-4-2-6-22(14-18)31-25(33)17-7-9-20(29)10-8-17/h1-10,13-14,21,23-24H,11-12,15H2,(H,30,34)(H,31,33)/t23-,24+/m0/s1. The Morgan fingerprint density at radius 2 is 1.78 bits per heavy atom. The topological polar surface area (TPSA) is 87.7 Å². The van der Waals surface area contributed by atoms with Crippen molar-refractivity contribution in [3.63, 3.8) is 0 Å². The summed E-state index contributed by atoms with van der Waals surface area (Å²) in [6.07, 6.45) is 0.309. The lowest BCUT2D eigenvalue weighted by Crippen LogP contribution is -2.46. The largest absolute Gasteiger partial charge is 0.438 e. The normalized spacial score (nSPS) is 19.1. The Morgan fingerprint density at radius 3 is 2.50 bits per heavy atom. The zero-order chi connectivity index (χ0) is 25.2. The minimum Gasteiger partial charge on any atom is -0.438 e. The van der Waals surface area contributed by atoms with Crippen LogP contribution < -0.4 is 10.6 Å². The van der Waals surface area contributed by atoms with Gasteiger partial charge in [-0.3, -0.25) is 14.5 Å². The highest BCUT2D eigenvalue weighted by Crippen LogP contribution is 2.36. The van der Waals surface area contributed by atoms with Gasteiger partial charge < -0.3 is 15.4 Å². The smallest absolute Gasteiger partial charge is 0.411 e. The predicted octanol–water partition coefficient (Wildman–Crippen LogP) is 5.07. The third-order valence-electron chi connectivity index (χ3n) is 6.10. The van der Waals surface area contributed by atoms with Crippen molar-refractivity contribution in [3.05, 3.63) is 100 Å². The van der Waals surface area contributed by atoms with Crippen LogP contribution in [-0.4, -0.2) is 34.9 Å². The first-order valence-corrected chi connectivity index (χ1v) is 11.9. The molecule has 1 saturated heterocycles. The van der Waals surface area contributed by atoms with Crippen LogP contribution in [-0.2, 0) is 16.1 Å². The number of hydrogen-bond acceptors (Lipinski definition) is 4. The van der Waals surface area contributed by atoms with Gasteiger partial charge in [0.05, 0.1) is 6.54 Å². The Kier molecular flexibility index (Phi) is 6.61. The summed E-state index contributed by atoms with van der Waals surface area (Å²) in [6, 6.07) is 18.3. The molecule has 1 aliphatic heterocycles. The average Bonchev–Trinajstić information content (AvgIpc) is 3.61. The van der Waals surface area contributed by atoms with E-state index in [1.165, 1.54) is 29.2 Å². The van der Waals surface area contributed by atoms with E-state index in [4.69, 9.17) is 16.3 Å². The number of carbonyl (C=O) groups excluding carboxylic acids is 3. The third kappa shape index (κ3) is 5.33. The van der Waals surface area contributed by atoms with Gasteiger partial charge in [-0.1, -0.05) is 35.9 Å². The molecule has 5 rings (SSSR count). The molecule has 3 amide bonds.